The first kappa shape index (κ1) is 9.79. The molecule has 0 spiro atoms. The predicted octanol–water partition coefficient (Wildman–Crippen LogP) is -0.680. The van der Waals surface area contributed by atoms with E-state index in [0.29, 0.717) is 18.3 Å². The van der Waals surface area contributed by atoms with Crippen LogP contribution in [0.3, 0.4) is 0 Å². The Hall–Kier alpha value is -1.30. The molecule has 0 aliphatic carbocycles. The Morgan fingerprint density at radius 2 is 2.15 bits per heavy atom. The van der Waals surface area contributed by atoms with Crippen LogP contribution in [0, 0.1) is 5.92 Å². The molecule has 13 heavy (non-hydrogen) atoms. The molecule has 5 N–H and O–H groups in total. The number of nitrogens with one attached hydrogen (secondary N) is 1. The third-order valence-electron chi connectivity index (χ3n) is 1.63. The topological polar surface area (TPSA) is 94.8 Å². The van der Waals surface area contributed by atoms with Crippen LogP contribution >= 0.6 is 0 Å². The number of rotatable bonds is 4. The van der Waals surface area contributed by atoms with Crippen LogP contribution in [0.4, 0.5) is 5.95 Å². The third-order valence-corrected chi connectivity index (χ3v) is 1.63. The van der Waals surface area contributed by atoms with Crippen molar-refractivity contribution in [3.05, 3.63) is 5.82 Å². The molecule has 0 atom stereocenters. The minimum atomic E-state index is 0.237. The molecule has 0 unspecified atom stereocenters. The van der Waals surface area contributed by atoms with E-state index in [0.717, 1.165) is 6.54 Å². The average Bonchev–Trinajstić information content (AvgIpc) is 2.35. The molecule has 0 aliphatic rings. The summed E-state index contributed by atoms with van der Waals surface area (Å²) < 4.78 is 1.29. The van der Waals surface area contributed by atoms with Gasteiger partial charge in [-0.15, -0.1) is 10.2 Å². The van der Waals surface area contributed by atoms with Crippen molar-refractivity contribution in [3.8, 4) is 0 Å². The Labute approximate surface area is 77.3 Å². The molecule has 0 aromatic carbocycles. The van der Waals surface area contributed by atoms with Gasteiger partial charge in [-0.1, -0.05) is 13.8 Å². The number of nitrogen functional groups attached to an aromatic ring is 2. The second kappa shape index (κ2) is 4.08. The second-order valence-electron chi connectivity index (χ2n) is 3.37. The van der Waals surface area contributed by atoms with E-state index in [1.54, 1.807) is 0 Å². The number of hydrogen-bond donors (Lipinski definition) is 3. The third kappa shape index (κ3) is 2.59. The molecular formula is C7H16N6. The summed E-state index contributed by atoms with van der Waals surface area (Å²) >= 11 is 0. The molecule has 1 heterocycles. The Bertz CT molecular complexity index is 266. The second-order valence-corrected chi connectivity index (χ2v) is 3.37. The van der Waals surface area contributed by atoms with Crippen LogP contribution in [-0.2, 0) is 6.54 Å². The van der Waals surface area contributed by atoms with Crippen LogP contribution < -0.4 is 16.9 Å². The van der Waals surface area contributed by atoms with E-state index in [9.17, 15) is 0 Å². The SMILES string of the molecule is CC(C)CNCc1nnc(N)n1N. The van der Waals surface area contributed by atoms with Gasteiger partial charge in [-0.05, 0) is 12.5 Å². The predicted molar refractivity (Wildman–Crippen MR) is 51.1 cm³/mol. The molecule has 0 saturated carbocycles. The molecular weight excluding hydrogens is 168 g/mol. The molecule has 6 nitrogen and oxygen atoms in total. The number of nitrogens with two attached hydrogens (primary N) is 2. The first-order chi connectivity index (χ1) is 6.11. The van der Waals surface area contributed by atoms with Gasteiger partial charge in [-0.25, -0.2) is 4.68 Å². The van der Waals surface area contributed by atoms with Crippen molar-refractivity contribution in [1.29, 1.82) is 0 Å². The zero-order chi connectivity index (χ0) is 9.84. The van der Waals surface area contributed by atoms with E-state index >= 15 is 0 Å². The molecule has 0 radical (unpaired) electrons. The molecule has 1 aromatic rings. The van der Waals surface area contributed by atoms with Crippen LogP contribution in [0.25, 0.3) is 0 Å². The zero-order valence-corrected chi connectivity index (χ0v) is 7.99. The average molecular weight is 184 g/mol. The number of hydrogen-bond acceptors (Lipinski definition) is 5. The summed E-state index contributed by atoms with van der Waals surface area (Å²) in [5, 5.41) is 10.6. The maximum absolute atomic E-state index is 5.55. The van der Waals surface area contributed by atoms with Crippen molar-refractivity contribution in [2.45, 2.75) is 20.4 Å². The van der Waals surface area contributed by atoms with Crippen molar-refractivity contribution in [2.24, 2.45) is 5.92 Å². The molecule has 0 aliphatic heterocycles. The largest absolute Gasteiger partial charge is 0.366 e. The fraction of sp³-hybridized carbons (Fsp3) is 0.714. The highest BCUT2D eigenvalue weighted by Gasteiger charge is 2.05. The Morgan fingerprint density at radius 1 is 1.46 bits per heavy atom. The quantitative estimate of drug-likeness (QED) is 0.539. The van der Waals surface area contributed by atoms with E-state index in [2.05, 4.69) is 29.4 Å². The molecule has 74 valence electrons. The number of anilines is 1. The van der Waals surface area contributed by atoms with Crippen molar-refractivity contribution in [1.82, 2.24) is 20.2 Å². The summed E-state index contributed by atoms with van der Waals surface area (Å²) in [6, 6.07) is 0. The summed E-state index contributed by atoms with van der Waals surface area (Å²) in [7, 11) is 0. The van der Waals surface area contributed by atoms with Crippen LogP contribution in [-0.4, -0.2) is 21.4 Å². The van der Waals surface area contributed by atoms with Crippen molar-refractivity contribution >= 4 is 5.95 Å². The highest BCUT2D eigenvalue weighted by molar-refractivity contribution is 5.16. The van der Waals surface area contributed by atoms with Crippen molar-refractivity contribution < 1.29 is 0 Å². The normalized spacial score (nSPS) is 11.0. The molecule has 1 rings (SSSR count). The van der Waals surface area contributed by atoms with Crippen LogP contribution in [0.1, 0.15) is 19.7 Å². The van der Waals surface area contributed by atoms with Gasteiger partial charge in [0.2, 0.25) is 5.95 Å². The van der Waals surface area contributed by atoms with Gasteiger partial charge >= 0.3 is 0 Å². The molecule has 0 bridgehead atoms. The van der Waals surface area contributed by atoms with Gasteiger partial charge in [0.05, 0.1) is 6.54 Å². The maximum atomic E-state index is 5.55. The summed E-state index contributed by atoms with van der Waals surface area (Å²) in [4.78, 5) is 0. The summed E-state index contributed by atoms with van der Waals surface area (Å²) in [5.41, 5.74) is 5.41. The first-order valence-corrected chi connectivity index (χ1v) is 4.26. The highest BCUT2D eigenvalue weighted by Crippen LogP contribution is 1.97. The lowest BCUT2D eigenvalue weighted by molar-refractivity contribution is 0.538. The zero-order valence-electron chi connectivity index (χ0n) is 7.99. The van der Waals surface area contributed by atoms with Gasteiger partial charge in [-0.2, -0.15) is 0 Å². The number of aromatic nitrogens is 3. The monoisotopic (exact) mass is 184 g/mol. The van der Waals surface area contributed by atoms with Gasteiger partial charge in [0.1, 0.15) is 0 Å². The fourth-order valence-electron chi connectivity index (χ4n) is 0.931. The van der Waals surface area contributed by atoms with E-state index < -0.39 is 0 Å². The Morgan fingerprint density at radius 3 is 2.62 bits per heavy atom. The molecule has 0 saturated heterocycles. The molecule has 0 fully saturated rings. The minimum Gasteiger partial charge on any atom is -0.366 e. The van der Waals surface area contributed by atoms with Crippen LogP contribution in [0.2, 0.25) is 0 Å². The van der Waals surface area contributed by atoms with E-state index in [1.807, 2.05) is 0 Å². The lowest BCUT2D eigenvalue weighted by atomic mass is 10.2. The summed E-state index contributed by atoms with van der Waals surface area (Å²) in [6.07, 6.45) is 0. The first-order valence-electron chi connectivity index (χ1n) is 4.26. The highest BCUT2D eigenvalue weighted by atomic mass is 15.4. The van der Waals surface area contributed by atoms with Gasteiger partial charge in [0.25, 0.3) is 0 Å². The van der Waals surface area contributed by atoms with Gasteiger partial charge in [-0.3, -0.25) is 0 Å². The maximum Gasteiger partial charge on any atom is 0.240 e. The lowest BCUT2D eigenvalue weighted by Crippen LogP contribution is -2.24. The van der Waals surface area contributed by atoms with Gasteiger partial charge in [0.15, 0.2) is 5.82 Å². The number of nitrogens with zero attached hydrogens (tertiary/aromatic N) is 3. The summed E-state index contributed by atoms with van der Waals surface area (Å²) in [6.45, 7) is 5.79. The lowest BCUT2D eigenvalue weighted by Gasteiger charge is -2.06. The van der Waals surface area contributed by atoms with Crippen LogP contribution in [0.5, 0.6) is 0 Å². The molecule has 0 amide bonds. The van der Waals surface area contributed by atoms with Crippen molar-refractivity contribution in [2.75, 3.05) is 18.1 Å². The van der Waals surface area contributed by atoms with Crippen molar-refractivity contribution in [3.63, 3.8) is 0 Å². The Kier molecular flexibility index (Phi) is 3.07. The fourth-order valence-corrected chi connectivity index (χ4v) is 0.931. The van der Waals surface area contributed by atoms with E-state index in [1.165, 1.54) is 4.68 Å². The molecule has 1 aromatic heterocycles. The minimum absolute atomic E-state index is 0.237. The Balaban J connectivity index is 2.41. The molecule has 6 heteroatoms. The van der Waals surface area contributed by atoms with Gasteiger partial charge in [0, 0.05) is 0 Å². The van der Waals surface area contributed by atoms with E-state index in [4.69, 9.17) is 11.6 Å². The smallest absolute Gasteiger partial charge is 0.240 e. The van der Waals surface area contributed by atoms with E-state index in [-0.39, 0.29) is 5.95 Å². The van der Waals surface area contributed by atoms with Gasteiger partial charge < -0.3 is 16.9 Å². The van der Waals surface area contributed by atoms with Crippen LogP contribution in [0.15, 0.2) is 0 Å². The standard InChI is InChI=1S/C7H16N6/c1-5(2)3-10-4-6-11-12-7(8)13(6)9/h5,10H,3-4,9H2,1-2H3,(H2,8,12). The summed E-state index contributed by atoms with van der Waals surface area (Å²) in [5.74, 6) is 7.04.